The van der Waals surface area contributed by atoms with Gasteiger partial charge in [0, 0.05) is 26.1 Å². The van der Waals surface area contributed by atoms with Crippen LogP contribution in [0, 0.1) is 0 Å². The maximum atomic E-state index is 12.0. The highest BCUT2D eigenvalue weighted by Gasteiger charge is 2.32. The maximum absolute atomic E-state index is 12.0. The van der Waals surface area contributed by atoms with Gasteiger partial charge in [-0.3, -0.25) is 4.79 Å². The molecular weight excluding hydrogens is 254 g/mol. The fraction of sp³-hybridized carbons (Fsp3) is 0.917. The summed E-state index contributed by atoms with van der Waals surface area (Å²) < 4.78 is 28.2. The molecule has 2 aliphatic heterocycles. The molecule has 2 saturated heterocycles. The highest BCUT2D eigenvalue weighted by molar-refractivity contribution is 7.91. The average Bonchev–Trinajstić information content (AvgIpc) is 2.94. The molecule has 1 amide bonds. The van der Waals surface area contributed by atoms with E-state index in [-0.39, 0.29) is 29.6 Å². The van der Waals surface area contributed by atoms with Crippen molar-refractivity contribution < 1.29 is 17.9 Å². The molecule has 0 aromatic carbocycles. The summed E-state index contributed by atoms with van der Waals surface area (Å²) in [7, 11) is -1.21. The smallest absolute Gasteiger partial charge is 0.222 e. The van der Waals surface area contributed by atoms with Crippen molar-refractivity contribution in [2.45, 2.75) is 44.2 Å². The fourth-order valence-corrected chi connectivity index (χ4v) is 4.39. The largest absolute Gasteiger partial charge is 0.378 e. The SMILES string of the molecule is CN(C(=O)CCC1CCCO1)C1CCS(=O)(=O)C1. The topological polar surface area (TPSA) is 63.7 Å². The fourth-order valence-electron chi connectivity index (χ4n) is 2.62. The third-order valence-corrected chi connectivity index (χ3v) is 5.60. The number of sulfone groups is 1. The molecule has 0 aromatic rings. The first-order valence-corrected chi connectivity index (χ1v) is 8.38. The number of nitrogens with zero attached hydrogens (tertiary/aromatic N) is 1. The lowest BCUT2D eigenvalue weighted by Gasteiger charge is -2.24. The van der Waals surface area contributed by atoms with E-state index in [9.17, 15) is 13.2 Å². The minimum atomic E-state index is -2.92. The summed E-state index contributed by atoms with van der Waals surface area (Å²) in [6.07, 6.45) is 4.12. The maximum Gasteiger partial charge on any atom is 0.222 e. The zero-order valence-electron chi connectivity index (χ0n) is 10.8. The van der Waals surface area contributed by atoms with Crippen molar-refractivity contribution in [3.8, 4) is 0 Å². The van der Waals surface area contributed by atoms with Crippen LogP contribution in [0.3, 0.4) is 0 Å². The molecule has 2 unspecified atom stereocenters. The van der Waals surface area contributed by atoms with E-state index in [0.29, 0.717) is 12.8 Å². The molecule has 2 fully saturated rings. The average molecular weight is 275 g/mol. The zero-order chi connectivity index (χ0) is 13.2. The molecule has 0 aromatic heterocycles. The molecule has 2 aliphatic rings. The molecule has 0 aliphatic carbocycles. The first-order valence-electron chi connectivity index (χ1n) is 6.55. The summed E-state index contributed by atoms with van der Waals surface area (Å²) in [6.45, 7) is 0.801. The highest BCUT2D eigenvalue weighted by atomic mass is 32.2. The number of hydrogen-bond donors (Lipinski definition) is 0. The molecule has 0 N–H and O–H groups in total. The first-order chi connectivity index (χ1) is 8.48. The molecule has 2 heterocycles. The second-order valence-electron chi connectivity index (χ2n) is 5.24. The molecule has 6 heteroatoms. The van der Waals surface area contributed by atoms with Crippen molar-refractivity contribution >= 4 is 15.7 Å². The van der Waals surface area contributed by atoms with Crippen molar-refractivity contribution in [2.24, 2.45) is 0 Å². The molecule has 104 valence electrons. The Morgan fingerprint density at radius 2 is 2.17 bits per heavy atom. The van der Waals surface area contributed by atoms with Crippen molar-refractivity contribution in [3.05, 3.63) is 0 Å². The van der Waals surface area contributed by atoms with Crippen LogP contribution in [0.15, 0.2) is 0 Å². The van der Waals surface area contributed by atoms with Crippen LogP contribution in [0.2, 0.25) is 0 Å². The van der Waals surface area contributed by atoms with Gasteiger partial charge in [0.25, 0.3) is 0 Å². The van der Waals surface area contributed by atoms with Gasteiger partial charge in [0.2, 0.25) is 5.91 Å². The Hall–Kier alpha value is -0.620. The van der Waals surface area contributed by atoms with E-state index in [1.807, 2.05) is 0 Å². The number of ether oxygens (including phenoxy) is 1. The monoisotopic (exact) mass is 275 g/mol. The molecular formula is C12H21NO4S. The van der Waals surface area contributed by atoms with E-state index in [0.717, 1.165) is 25.9 Å². The number of rotatable bonds is 4. The van der Waals surface area contributed by atoms with Gasteiger partial charge in [-0.25, -0.2) is 8.42 Å². The predicted molar refractivity (Wildman–Crippen MR) is 68.0 cm³/mol. The predicted octanol–water partition coefficient (Wildman–Crippen LogP) is 0.591. The minimum Gasteiger partial charge on any atom is -0.378 e. The Morgan fingerprint density at radius 3 is 2.72 bits per heavy atom. The molecule has 2 rings (SSSR count). The third-order valence-electron chi connectivity index (χ3n) is 3.85. The summed E-state index contributed by atoms with van der Waals surface area (Å²) in [5.41, 5.74) is 0. The van der Waals surface area contributed by atoms with Crippen LogP contribution in [-0.2, 0) is 19.4 Å². The highest BCUT2D eigenvalue weighted by Crippen LogP contribution is 2.20. The van der Waals surface area contributed by atoms with Crippen LogP contribution < -0.4 is 0 Å². The van der Waals surface area contributed by atoms with Gasteiger partial charge < -0.3 is 9.64 Å². The molecule has 2 atom stereocenters. The number of carbonyl (C=O) groups is 1. The molecule has 18 heavy (non-hydrogen) atoms. The summed E-state index contributed by atoms with van der Waals surface area (Å²) in [4.78, 5) is 13.6. The Labute approximate surface area is 108 Å². The van der Waals surface area contributed by atoms with Crippen molar-refractivity contribution in [2.75, 3.05) is 25.2 Å². The van der Waals surface area contributed by atoms with Crippen LogP contribution >= 0.6 is 0 Å². The van der Waals surface area contributed by atoms with Gasteiger partial charge in [0.05, 0.1) is 17.6 Å². The van der Waals surface area contributed by atoms with Crippen LogP contribution in [0.25, 0.3) is 0 Å². The third kappa shape index (κ3) is 3.45. The van der Waals surface area contributed by atoms with Crippen molar-refractivity contribution in [1.82, 2.24) is 4.90 Å². The van der Waals surface area contributed by atoms with E-state index in [1.54, 1.807) is 11.9 Å². The summed E-state index contributed by atoms with van der Waals surface area (Å²) in [5.74, 6) is 0.364. The van der Waals surface area contributed by atoms with Crippen molar-refractivity contribution in [3.63, 3.8) is 0 Å². The lowest BCUT2D eigenvalue weighted by atomic mass is 10.1. The van der Waals surface area contributed by atoms with Crippen LogP contribution in [0.4, 0.5) is 0 Å². The molecule has 0 spiro atoms. The normalized spacial score (nSPS) is 30.5. The first kappa shape index (κ1) is 13.8. The van der Waals surface area contributed by atoms with Gasteiger partial charge >= 0.3 is 0 Å². The number of amides is 1. The van der Waals surface area contributed by atoms with E-state index in [4.69, 9.17) is 4.74 Å². The second kappa shape index (κ2) is 5.57. The molecule has 0 saturated carbocycles. The van der Waals surface area contributed by atoms with Gasteiger partial charge in [-0.15, -0.1) is 0 Å². The second-order valence-corrected chi connectivity index (χ2v) is 7.46. The van der Waals surface area contributed by atoms with Gasteiger partial charge in [-0.2, -0.15) is 0 Å². The molecule has 5 nitrogen and oxygen atoms in total. The Balaban J connectivity index is 1.78. The standard InChI is InChI=1S/C12H21NO4S/c1-13(10-6-8-18(15,16)9-10)12(14)5-4-11-3-2-7-17-11/h10-11H,2-9H2,1H3. The Bertz CT molecular complexity index is 400. The summed E-state index contributed by atoms with van der Waals surface area (Å²) >= 11 is 0. The van der Waals surface area contributed by atoms with E-state index in [1.165, 1.54) is 0 Å². The Kier molecular flexibility index (Phi) is 4.27. The molecule has 0 radical (unpaired) electrons. The zero-order valence-corrected chi connectivity index (χ0v) is 11.6. The van der Waals surface area contributed by atoms with E-state index >= 15 is 0 Å². The van der Waals surface area contributed by atoms with Crippen LogP contribution in [-0.4, -0.2) is 56.5 Å². The quantitative estimate of drug-likeness (QED) is 0.753. The summed E-state index contributed by atoms with van der Waals surface area (Å²) in [5, 5.41) is 0. The number of hydrogen-bond acceptors (Lipinski definition) is 4. The van der Waals surface area contributed by atoms with Gasteiger partial charge in [-0.1, -0.05) is 0 Å². The summed E-state index contributed by atoms with van der Waals surface area (Å²) in [6, 6.07) is -0.132. The van der Waals surface area contributed by atoms with Crippen molar-refractivity contribution in [1.29, 1.82) is 0 Å². The van der Waals surface area contributed by atoms with Crippen LogP contribution in [0.5, 0.6) is 0 Å². The molecule has 0 bridgehead atoms. The lowest BCUT2D eigenvalue weighted by molar-refractivity contribution is -0.132. The van der Waals surface area contributed by atoms with Gasteiger partial charge in [0.1, 0.15) is 0 Å². The number of carbonyl (C=O) groups excluding carboxylic acids is 1. The Morgan fingerprint density at radius 1 is 1.39 bits per heavy atom. The van der Waals surface area contributed by atoms with Crippen LogP contribution in [0.1, 0.15) is 32.1 Å². The van der Waals surface area contributed by atoms with Gasteiger partial charge in [-0.05, 0) is 25.7 Å². The van der Waals surface area contributed by atoms with E-state index in [2.05, 4.69) is 0 Å². The van der Waals surface area contributed by atoms with E-state index < -0.39 is 9.84 Å². The van der Waals surface area contributed by atoms with Gasteiger partial charge in [0.15, 0.2) is 9.84 Å². The lowest BCUT2D eigenvalue weighted by Crippen LogP contribution is -2.38. The minimum absolute atomic E-state index is 0.0348.